The molecule has 4 rings (SSSR count). The van der Waals surface area contributed by atoms with E-state index in [1.165, 1.54) is 37.9 Å². The third kappa shape index (κ3) is 10.5. The first kappa shape index (κ1) is 34.8. The van der Waals surface area contributed by atoms with Crippen molar-refractivity contribution in [1.29, 1.82) is 0 Å². The molecule has 44 heavy (non-hydrogen) atoms. The zero-order chi connectivity index (χ0) is 32.2. The second kappa shape index (κ2) is 16.4. The molecular formula is C32H44N2O10. The summed E-state index contributed by atoms with van der Waals surface area (Å²) in [5.74, 6) is -3.29. The maximum atomic E-state index is 11.3. The topological polar surface area (TPSA) is 177 Å². The van der Waals surface area contributed by atoms with E-state index >= 15 is 0 Å². The molecule has 2 heterocycles. The van der Waals surface area contributed by atoms with Gasteiger partial charge in [0.2, 0.25) is 0 Å². The molecule has 0 aromatic heterocycles. The molecule has 0 bridgehead atoms. The van der Waals surface area contributed by atoms with E-state index in [2.05, 4.69) is 34.1 Å². The van der Waals surface area contributed by atoms with Gasteiger partial charge >= 0.3 is 17.9 Å². The Morgan fingerprint density at radius 2 is 1.50 bits per heavy atom. The fraction of sp³-hybridized carbons (Fsp3) is 0.531. The van der Waals surface area contributed by atoms with Gasteiger partial charge in [-0.3, -0.25) is 19.4 Å². The lowest BCUT2D eigenvalue weighted by molar-refractivity contribution is -0.170. The van der Waals surface area contributed by atoms with Crippen LogP contribution in [0.15, 0.2) is 48.5 Å². The molecule has 0 aliphatic carbocycles. The molecular weight excluding hydrogens is 572 g/mol. The van der Waals surface area contributed by atoms with E-state index < -0.39 is 42.0 Å². The van der Waals surface area contributed by atoms with Crippen LogP contribution in [0.2, 0.25) is 0 Å². The van der Waals surface area contributed by atoms with Gasteiger partial charge < -0.3 is 35.0 Å². The molecule has 12 nitrogen and oxygen atoms in total. The minimum Gasteiger partial charge on any atom is -0.496 e. The van der Waals surface area contributed by atoms with E-state index in [0.717, 1.165) is 49.8 Å². The predicted molar refractivity (Wildman–Crippen MR) is 161 cm³/mol. The van der Waals surface area contributed by atoms with Crippen molar-refractivity contribution in [3.05, 3.63) is 59.7 Å². The van der Waals surface area contributed by atoms with Crippen molar-refractivity contribution in [2.24, 2.45) is 0 Å². The Morgan fingerprint density at radius 1 is 0.864 bits per heavy atom. The smallest absolute Gasteiger partial charge is 0.336 e. The van der Waals surface area contributed by atoms with Gasteiger partial charge in [-0.05, 0) is 62.5 Å². The molecule has 0 unspecified atom stereocenters. The fourth-order valence-electron chi connectivity index (χ4n) is 5.56. The van der Waals surface area contributed by atoms with Gasteiger partial charge in [-0.15, -0.1) is 0 Å². The standard InChI is InChI=1S/C26H36N2O3.C6H8O7/c1-30-25-11-4-3-10-24(25)26(29)12-16-28(17-13-26)21-22-8-7-9-23(20-22)31-19-18-27-14-5-2-6-15-27;7-3(8)1-6(13,5(11)12)2-4(9)10/h3-4,7-11,20,29H,2,5-6,12-19,21H2,1H3;13H,1-2H2,(H,7,8)(H,9,10)(H,11,12). The van der Waals surface area contributed by atoms with Crippen LogP contribution in [0.1, 0.15) is 56.1 Å². The van der Waals surface area contributed by atoms with Crippen molar-refractivity contribution in [2.45, 2.75) is 62.7 Å². The van der Waals surface area contributed by atoms with E-state index in [9.17, 15) is 19.5 Å². The Hall–Kier alpha value is -3.71. The van der Waals surface area contributed by atoms with Crippen molar-refractivity contribution >= 4 is 17.9 Å². The average molecular weight is 617 g/mol. The highest BCUT2D eigenvalue weighted by atomic mass is 16.5. The maximum Gasteiger partial charge on any atom is 0.336 e. The van der Waals surface area contributed by atoms with Crippen molar-refractivity contribution in [2.75, 3.05) is 46.4 Å². The Kier molecular flexibility index (Phi) is 13.0. The van der Waals surface area contributed by atoms with Gasteiger partial charge in [-0.2, -0.15) is 0 Å². The van der Waals surface area contributed by atoms with Crippen LogP contribution in [0.25, 0.3) is 0 Å². The summed E-state index contributed by atoms with van der Waals surface area (Å²) in [6.07, 6.45) is 3.13. The Labute approximate surface area is 257 Å². The van der Waals surface area contributed by atoms with Crippen LogP contribution in [0.5, 0.6) is 11.5 Å². The average Bonchev–Trinajstić information content (AvgIpc) is 2.99. The Morgan fingerprint density at radius 3 is 2.09 bits per heavy atom. The first-order valence-corrected chi connectivity index (χ1v) is 14.9. The minimum absolute atomic E-state index is 0.708. The van der Waals surface area contributed by atoms with Crippen LogP contribution >= 0.6 is 0 Å². The lowest BCUT2D eigenvalue weighted by Crippen LogP contribution is -2.42. The van der Waals surface area contributed by atoms with Crippen LogP contribution in [-0.4, -0.2) is 105 Å². The van der Waals surface area contributed by atoms with E-state index in [1.807, 2.05) is 24.3 Å². The molecule has 5 N–H and O–H groups in total. The zero-order valence-corrected chi connectivity index (χ0v) is 25.2. The molecule has 2 aromatic rings. The molecule has 0 spiro atoms. The predicted octanol–water partition coefficient (Wildman–Crippen LogP) is 2.80. The lowest BCUT2D eigenvalue weighted by Gasteiger charge is -2.39. The number of ether oxygens (including phenoxy) is 2. The third-order valence-corrected chi connectivity index (χ3v) is 8.01. The van der Waals surface area contributed by atoms with Crippen molar-refractivity contribution in [1.82, 2.24) is 9.80 Å². The van der Waals surface area contributed by atoms with Gasteiger partial charge in [-0.25, -0.2) is 4.79 Å². The molecule has 0 amide bonds. The number of piperidine rings is 2. The number of hydrogen-bond acceptors (Lipinski definition) is 9. The first-order chi connectivity index (χ1) is 20.9. The highest BCUT2D eigenvalue weighted by Gasteiger charge is 2.41. The summed E-state index contributed by atoms with van der Waals surface area (Å²) in [5, 5.41) is 45.1. The number of benzene rings is 2. The SMILES string of the molecule is COc1ccccc1C1(O)CCN(Cc2cccc(OCCN3CCCCC3)c2)CC1.O=C(O)CC(O)(CC(=O)O)C(=O)O. The number of hydrogen-bond donors (Lipinski definition) is 5. The normalized spacial score (nSPS) is 17.2. The van der Waals surface area contributed by atoms with Gasteiger partial charge in [0.05, 0.1) is 25.6 Å². The number of aliphatic carboxylic acids is 3. The summed E-state index contributed by atoms with van der Waals surface area (Å²) >= 11 is 0. The van der Waals surface area contributed by atoms with E-state index in [4.69, 9.17) is 29.9 Å². The summed E-state index contributed by atoms with van der Waals surface area (Å²) < 4.78 is 11.5. The number of methoxy groups -OCH3 is 1. The molecule has 0 atom stereocenters. The second-order valence-corrected chi connectivity index (χ2v) is 11.4. The Balaban J connectivity index is 0.000000345. The quantitative estimate of drug-likeness (QED) is 0.223. The van der Waals surface area contributed by atoms with Crippen LogP contribution in [0, 0.1) is 0 Å². The monoisotopic (exact) mass is 616 g/mol. The fourth-order valence-corrected chi connectivity index (χ4v) is 5.56. The number of rotatable bonds is 13. The number of carbonyl (C=O) groups is 3. The van der Waals surface area contributed by atoms with Crippen LogP contribution in [-0.2, 0) is 26.5 Å². The summed E-state index contributed by atoms with van der Waals surface area (Å²) in [5.41, 5.74) is -1.39. The molecule has 2 aliphatic rings. The summed E-state index contributed by atoms with van der Waals surface area (Å²) in [7, 11) is 1.67. The van der Waals surface area contributed by atoms with Crippen molar-refractivity contribution in [3.8, 4) is 11.5 Å². The van der Waals surface area contributed by atoms with Crippen LogP contribution in [0.3, 0.4) is 0 Å². The highest BCUT2D eigenvalue weighted by molar-refractivity contribution is 5.88. The van der Waals surface area contributed by atoms with E-state index in [1.54, 1.807) is 7.11 Å². The number of carboxylic acids is 3. The number of likely N-dealkylation sites (tertiary alicyclic amines) is 2. The van der Waals surface area contributed by atoms with Gasteiger partial charge in [0.1, 0.15) is 18.1 Å². The summed E-state index contributed by atoms with van der Waals surface area (Å²) in [4.78, 5) is 35.4. The van der Waals surface area contributed by atoms with Gasteiger partial charge in [0.25, 0.3) is 0 Å². The van der Waals surface area contributed by atoms with Crippen molar-refractivity contribution in [3.63, 3.8) is 0 Å². The maximum absolute atomic E-state index is 11.3. The first-order valence-electron chi connectivity index (χ1n) is 14.9. The summed E-state index contributed by atoms with van der Waals surface area (Å²) in [6.45, 7) is 6.77. The van der Waals surface area contributed by atoms with Gasteiger partial charge in [0, 0.05) is 31.7 Å². The van der Waals surface area contributed by atoms with Gasteiger partial charge in [0.15, 0.2) is 5.60 Å². The molecule has 0 saturated carbocycles. The van der Waals surface area contributed by atoms with Crippen LogP contribution < -0.4 is 9.47 Å². The number of nitrogens with zero attached hydrogens (tertiary/aromatic N) is 2. The molecule has 12 heteroatoms. The van der Waals surface area contributed by atoms with Crippen molar-refractivity contribution < 1.29 is 49.4 Å². The zero-order valence-electron chi connectivity index (χ0n) is 25.2. The third-order valence-electron chi connectivity index (χ3n) is 8.01. The second-order valence-electron chi connectivity index (χ2n) is 11.4. The largest absolute Gasteiger partial charge is 0.496 e. The van der Waals surface area contributed by atoms with Crippen LogP contribution in [0.4, 0.5) is 0 Å². The van der Waals surface area contributed by atoms with E-state index in [-0.39, 0.29) is 0 Å². The number of carboxylic acid groups (broad SMARTS) is 3. The minimum atomic E-state index is -2.74. The molecule has 2 saturated heterocycles. The Bertz CT molecular complexity index is 1220. The molecule has 2 aromatic carbocycles. The molecule has 0 radical (unpaired) electrons. The number of aliphatic hydroxyl groups is 2. The highest BCUT2D eigenvalue weighted by Crippen LogP contribution is 2.38. The number of para-hydroxylation sites is 1. The van der Waals surface area contributed by atoms with E-state index in [0.29, 0.717) is 12.8 Å². The lowest BCUT2D eigenvalue weighted by atomic mass is 9.84. The molecule has 2 fully saturated rings. The van der Waals surface area contributed by atoms with Gasteiger partial charge in [-0.1, -0.05) is 36.8 Å². The summed E-state index contributed by atoms with van der Waals surface area (Å²) in [6, 6.07) is 16.3. The molecule has 242 valence electrons. The molecule has 2 aliphatic heterocycles.